The predicted octanol–water partition coefficient (Wildman–Crippen LogP) is 4.40. The van der Waals surface area contributed by atoms with Gasteiger partial charge >= 0.3 is 0 Å². The number of nitrogens with one attached hydrogen (secondary N) is 1. The molecule has 0 aliphatic heterocycles. The molecular weight excluding hydrogens is 368 g/mol. The maximum Gasteiger partial charge on any atom is 0.246 e. The minimum atomic E-state index is -0.188. The van der Waals surface area contributed by atoms with Gasteiger partial charge in [0.15, 0.2) is 4.96 Å². The number of carbonyl (C=O) groups excluding carboxylic acids is 1. The van der Waals surface area contributed by atoms with Crippen LogP contribution in [0.4, 0.5) is 0 Å². The number of rotatable bonds is 4. The number of aromatic nitrogens is 2. The average Bonchev–Trinajstić information content (AvgIpc) is 3.29. The number of hydrogen-bond donors (Lipinski definition) is 1. The molecule has 28 heavy (non-hydrogen) atoms. The molecule has 5 rings (SSSR count). The van der Waals surface area contributed by atoms with Crippen molar-refractivity contribution < 1.29 is 4.79 Å². The molecule has 2 heterocycles. The van der Waals surface area contributed by atoms with Crippen LogP contribution in [0.5, 0.6) is 0 Å². The van der Waals surface area contributed by atoms with E-state index in [0.29, 0.717) is 0 Å². The smallest absolute Gasteiger partial charge is 0.246 e. The Hall–Kier alpha value is -3.51. The van der Waals surface area contributed by atoms with E-state index in [-0.39, 0.29) is 12.3 Å². The molecule has 0 saturated heterocycles. The number of carbonyl (C=O) groups is 1. The summed E-state index contributed by atoms with van der Waals surface area (Å²) in [5, 5.41) is 10.7. The first-order valence-electron chi connectivity index (χ1n) is 8.91. The molecule has 0 saturated carbocycles. The number of nitrogens with zero attached hydrogens (tertiary/aromatic N) is 3. The Morgan fingerprint density at radius 3 is 2.54 bits per heavy atom. The Balaban J connectivity index is 1.41. The molecule has 0 atom stereocenters. The second-order valence-electron chi connectivity index (χ2n) is 6.53. The largest absolute Gasteiger partial charge is 0.297 e. The molecule has 136 valence electrons. The molecule has 0 radical (unpaired) electrons. The molecule has 1 N–H and O–H groups in total. The van der Waals surface area contributed by atoms with Gasteiger partial charge in [-0.2, -0.15) is 5.10 Å². The Kier molecular flexibility index (Phi) is 4.10. The van der Waals surface area contributed by atoms with Crippen molar-refractivity contribution in [1.29, 1.82) is 0 Å². The lowest BCUT2D eigenvalue weighted by Gasteiger charge is -2.07. The lowest BCUT2D eigenvalue weighted by molar-refractivity contribution is -0.120. The summed E-state index contributed by atoms with van der Waals surface area (Å²) in [5.74, 6) is -0.188. The van der Waals surface area contributed by atoms with Gasteiger partial charge in [0.25, 0.3) is 0 Å². The van der Waals surface area contributed by atoms with Crippen LogP contribution in [0.25, 0.3) is 26.5 Å². The highest BCUT2D eigenvalue weighted by atomic mass is 32.1. The number of amides is 1. The Morgan fingerprint density at radius 2 is 1.82 bits per heavy atom. The van der Waals surface area contributed by atoms with Gasteiger partial charge in [0, 0.05) is 23.3 Å². The average molecular weight is 384 g/mol. The van der Waals surface area contributed by atoms with Gasteiger partial charge in [-0.15, -0.1) is 11.3 Å². The zero-order chi connectivity index (χ0) is 18.9. The first-order valence-corrected chi connectivity index (χ1v) is 9.79. The maximum atomic E-state index is 12.3. The van der Waals surface area contributed by atoms with Gasteiger partial charge in [-0.3, -0.25) is 9.20 Å². The molecule has 5 aromatic rings. The third-order valence-electron chi connectivity index (χ3n) is 4.68. The minimum absolute atomic E-state index is 0.188. The molecule has 3 aromatic carbocycles. The lowest BCUT2D eigenvalue weighted by Crippen LogP contribution is -2.20. The highest BCUT2D eigenvalue weighted by Crippen LogP contribution is 2.27. The van der Waals surface area contributed by atoms with Crippen molar-refractivity contribution in [2.24, 2.45) is 5.10 Å². The summed E-state index contributed by atoms with van der Waals surface area (Å²) in [6.07, 6.45) is 5.72. The quantitative estimate of drug-likeness (QED) is 0.284. The van der Waals surface area contributed by atoms with Crippen molar-refractivity contribution in [1.82, 2.24) is 14.8 Å². The molecule has 2 aromatic heterocycles. The van der Waals surface area contributed by atoms with E-state index in [1.54, 1.807) is 17.6 Å². The standard InChI is InChI=1S/C22H16N4OS/c27-21(12-17-14-26-9-10-28-22(26)24-17)25-23-13-20-18-7-3-1-5-15(18)11-16-6-2-4-8-19(16)20/h1-11,13-14H,12H2,(H,25,27)/b23-13+. The number of imidazole rings is 1. The second-order valence-corrected chi connectivity index (χ2v) is 7.40. The Morgan fingerprint density at radius 1 is 1.11 bits per heavy atom. The van der Waals surface area contributed by atoms with E-state index in [1.165, 1.54) is 0 Å². The SMILES string of the molecule is O=C(Cc1cn2ccsc2n1)N/N=C/c1c2ccccc2cc2ccccc12. The van der Waals surface area contributed by atoms with Gasteiger partial charge in [0.2, 0.25) is 5.91 Å². The molecular formula is C22H16N4OS. The molecule has 0 aliphatic rings. The van der Waals surface area contributed by atoms with Crippen molar-refractivity contribution >= 4 is 50.0 Å². The van der Waals surface area contributed by atoms with E-state index in [9.17, 15) is 4.79 Å². The highest BCUT2D eigenvalue weighted by Gasteiger charge is 2.08. The van der Waals surface area contributed by atoms with Crippen LogP contribution in [0.2, 0.25) is 0 Å². The van der Waals surface area contributed by atoms with E-state index in [2.05, 4.69) is 45.8 Å². The Bertz CT molecular complexity index is 1270. The normalized spacial score (nSPS) is 11.7. The van der Waals surface area contributed by atoms with Crippen molar-refractivity contribution in [3.63, 3.8) is 0 Å². The summed E-state index contributed by atoms with van der Waals surface area (Å²) in [7, 11) is 0. The topological polar surface area (TPSA) is 58.8 Å². The van der Waals surface area contributed by atoms with Crippen LogP contribution in [-0.4, -0.2) is 21.5 Å². The van der Waals surface area contributed by atoms with Gasteiger partial charge < -0.3 is 0 Å². The third-order valence-corrected chi connectivity index (χ3v) is 5.45. The van der Waals surface area contributed by atoms with Crippen LogP contribution >= 0.6 is 11.3 Å². The monoisotopic (exact) mass is 384 g/mol. The molecule has 0 bridgehead atoms. The van der Waals surface area contributed by atoms with Gasteiger partial charge in [-0.25, -0.2) is 10.4 Å². The van der Waals surface area contributed by atoms with E-state index < -0.39 is 0 Å². The van der Waals surface area contributed by atoms with Gasteiger partial charge in [0.05, 0.1) is 18.3 Å². The number of thiazole rings is 1. The van der Waals surface area contributed by atoms with E-state index in [1.807, 2.05) is 46.4 Å². The number of benzene rings is 3. The van der Waals surface area contributed by atoms with Gasteiger partial charge in [-0.05, 0) is 27.6 Å². The molecule has 0 aliphatic carbocycles. The van der Waals surface area contributed by atoms with E-state index in [4.69, 9.17) is 0 Å². The van der Waals surface area contributed by atoms with E-state index in [0.717, 1.165) is 37.8 Å². The van der Waals surface area contributed by atoms with Crippen LogP contribution in [0.15, 0.2) is 77.5 Å². The van der Waals surface area contributed by atoms with Crippen molar-refractivity contribution in [3.05, 3.63) is 83.6 Å². The molecule has 5 nitrogen and oxygen atoms in total. The Labute approximate surface area is 165 Å². The number of hydrazone groups is 1. The first kappa shape index (κ1) is 16.6. The van der Waals surface area contributed by atoms with Crippen LogP contribution in [-0.2, 0) is 11.2 Å². The van der Waals surface area contributed by atoms with E-state index >= 15 is 0 Å². The zero-order valence-electron chi connectivity index (χ0n) is 14.9. The molecule has 0 spiro atoms. The zero-order valence-corrected chi connectivity index (χ0v) is 15.7. The van der Waals surface area contributed by atoms with Crippen LogP contribution in [0, 0.1) is 0 Å². The summed E-state index contributed by atoms with van der Waals surface area (Å²) < 4.78 is 1.92. The third kappa shape index (κ3) is 3.04. The lowest BCUT2D eigenvalue weighted by atomic mass is 9.97. The minimum Gasteiger partial charge on any atom is -0.297 e. The highest BCUT2D eigenvalue weighted by molar-refractivity contribution is 7.15. The van der Waals surface area contributed by atoms with Gasteiger partial charge in [-0.1, -0.05) is 48.5 Å². The van der Waals surface area contributed by atoms with Crippen LogP contribution in [0.3, 0.4) is 0 Å². The maximum absolute atomic E-state index is 12.3. The second kappa shape index (κ2) is 6.90. The van der Waals surface area contributed by atoms with Crippen LogP contribution in [0.1, 0.15) is 11.3 Å². The van der Waals surface area contributed by atoms with Gasteiger partial charge in [0.1, 0.15) is 0 Å². The molecule has 1 amide bonds. The summed E-state index contributed by atoms with van der Waals surface area (Å²) in [5.41, 5.74) is 4.36. The fraction of sp³-hybridized carbons (Fsp3) is 0.0455. The predicted molar refractivity (Wildman–Crippen MR) is 114 cm³/mol. The summed E-state index contributed by atoms with van der Waals surface area (Å²) in [4.78, 5) is 17.6. The van der Waals surface area contributed by atoms with Crippen molar-refractivity contribution in [2.45, 2.75) is 6.42 Å². The summed E-state index contributed by atoms with van der Waals surface area (Å²) >= 11 is 1.54. The first-order chi connectivity index (χ1) is 13.8. The number of fused-ring (bicyclic) bond motifs is 3. The molecule has 0 unspecified atom stereocenters. The number of hydrogen-bond acceptors (Lipinski definition) is 4. The molecule has 6 heteroatoms. The van der Waals surface area contributed by atoms with Crippen molar-refractivity contribution in [3.8, 4) is 0 Å². The summed E-state index contributed by atoms with van der Waals surface area (Å²) in [6, 6.07) is 18.6. The molecule has 0 fully saturated rings. The fourth-order valence-corrected chi connectivity index (χ4v) is 4.14. The van der Waals surface area contributed by atoms with Crippen molar-refractivity contribution in [2.75, 3.05) is 0 Å². The van der Waals surface area contributed by atoms with Crippen LogP contribution < -0.4 is 5.43 Å². The fourth-order valence-electron chi connectivity index (χ4n) is 3.42. The summed E-state index contributed by atoms with van der Waals surface area (Å²) in [6.45, 7) is 0.